The summed E-state index contributed by atoms with van der Waals surface area (Å²) in [6.45, 7) is 0. The van der Waals surface area contributed by atoms with Crippen molar-refractivity contribution in [3.8, 4) is 0 Å². The monoisotopic (exact) mass is 284 g/mol. The van der Waals surface area contributed by atoms with Crippen LogP contribution in [0.25, 0.3) is 0 Å². The zero-order valence-corrected chi connectivity index (χ0v) is 10.6. The molecular weight excluding hydrogens is 272 g/mol. The van der Waals surface area contributed by atoms with Gasteiger partial charge in [-0.2, -0.15) is 13.2 Å². The smallest absolute Gasteiger partial charge is 0.309 e. The molecule has 2 aromatic rings. The molecule has 2 nitrogen and oxygen atoms in total. The van der Waals surface area contributed by atoms with Crippen LogP contribution in [0, 0.1) is 5.82 Å². The van der Waals surface area contributed by atoms with Crippen molar-refractivity contribution in [3.63, 3.8) is 0 Å². The fourth-order valence-electron chi connectivity index (χ4n) is 2.01. The lowest BCUT2D eigenvalue weighted by Crippen LogP contribution is -2.19. The number of nitrogens with zero attached hydrogens (tertiary/aromatic N) is 1. The third kappa shape index (κ3) is 3.14. The van der Waals surface area contributed by atoms with Gasteiger partial charge in [-0.05, 0) is 36.4 Å². The van der Waals surface area contributed by atoms with Crippen molar-refractivity contribution in [2.75, 3.05) is 7.05 Å². The Morgan fingerprint density at radius 3 is 2.45 bits per heavy atom. The molecule has 1 N–H and O–H groups in total. The molecule has 1 aromatic carbocycles. The maximum atomic E-state index is 13.2. The summed E-state index contributed by atoms with van der Waals surface area (Å²) in [5.74, 6) is -0.533. The van der Waals surface area contributed by atoms with Gasteiger partial charge in [0.05, 0.1) is 17.8 Å². The van der Waals surface area contributed by atoms with Gasteiger partial charge in [-0.3, -0.25) is 4.98 Å². The minimum atomic E-state index is -4.41. The maximum absolute atomic E-state index is 13.2. The van der Waals surface area contributed by atoms with E-state index >= 15 is 0 Å². The highest BCUT2D eigenvalue weighted by atomic mass is 19.4. The molecule has 1 unspecified atom stereocenters. The maximum Gasteiger partial charge on any atom is 0.416 e. The third-order valence-corrected chi connectivity index (χ3v) is 2.90. The average Bonchev–Trinajstić information content (AvgIpc) is 2.39. The Bertz CT molecular complexity index is 596. The normalized spacial score (nSPS) is 13.2. The van der Waals surface area contributed by atoms with E-state index in [2.05, 4.69) is 10.3 Å². The molecule has 20 heavy (non-hydrogen) atoms. The molecule has 1 atom stereocenters. The van der Waals surface area contributed by atoms with E-state index in [1.165, 1.54) is 18.3 Å². The number of rotatable bonds is 3. The first-order chi connectivity index (χ1) is 9.41. The third-order valence-electron chi connectivity index (χ3n) is 2.90. The van der Waals surface area contributed by atoms with E-state index in [-0.39, 0.29) is 0 Å². The quantitative estimate of drug-likeness (QED) is 0.872. The number of pyridine rings is 1. The standard InChI is InChI=1S/C14H12F4N2/c1-19-13(10-6-12(15)8-20-7-10)9-3-2-4-11(5-9)14(16,17)18/h2-8,13,19H,1H3. The highest BCUT2D eigenvalue weighted by molar-refractivity contribution is 5.34. The van der Waals surface area contributed by atoms with Crippen molar-refractivity contribution in [2.24, 2.45) is 0 Å². The van der Waals surface area contributed by atoms with E-state index in [0.717, 1.165) is 18.3 Å². The molecule has 0 spiro atoms. The minimum absolute atomic E-state index is 0.398. The van der Waals surface area contributed by atoms with Crippen LogP contribution in [0.15, 0.2) is 42.7 Å². The highest BCUT2D eigenvalue weighted by Crippen LogP contribution is 2.32. The SMILES string of the molecule is CNC(c1cncc(F)c1)c1cccc(C(F)(F)F)c1. The molecule has 0 radical (unpaired) electrons. The van der Waals surface area contributed by atoms with Gasteiger partial charge in [-0.25, -0.2) is 4.39 Å². The summed E-state index contributed by atoms with van der Waals surface area (Å²) in [6.07, 6.45) is -1.94. The molecule has 0 bridgehead atoms. The lowest BCUT2D eigenvalue weighted by atomic mass is 9.98. The fourth-order valence-corrected chi connectivity index (χ4v) is 2.01. The van der Waals surface area contributed by atoms with Crippen molar-refractivity contribution in [1.29, 1.82) is 0 Å². The summed E-state index contributed by atoms with van der Waals surface area (Å²) in [7, 11) is 1.59. The summed E-state index contributed by atoms with van der Waals surface area (Å²) >= 11 is 0. The Morgan fingerprint density at radius 2 is 1.85 bits per heavy atom. The second kappa shape index (κ2) is 5.58. The average molecular weight is 284 g/mol. The van der Waals surface area contributed by atoms with Crippen LogP contribution in [0.3, 0.4) is 0 Å². The molecule has 0 saturated carbocycles. The summed E-state index contributed by atoms with van der Waals surface area (Å²) in [5.41, 5.74) is 0.126. The molecule has 6 heteroatoms. The molecule has 1 aromatic heterocycles. The van der Waals surface area contributed by atoms with Crippen molar-refractivity contribution < 1.29 is 17.6 Å². The molecule has 1 heterocycles. The number of hydrogen-bond acceptors (Lipinski definition) is 2. The van der Waals surface area contributed by atoms with E-state index in [1.54, 1.807) is 13.1 Å². The van der Waals surface area contributed by atoms with Crippen LogP contribution in [0.2, 0.25) is 0 Å². The Kier molecular flexibility index (Phi) is 4.04. The number of alkyl halides is 3. The summed E-state index contributed by atoms with van der Waals surface area (Å²) in [5, 5.41) is 2.87. The van der Waals surface area contributed by atoms with Crippen molar-refractivity contribution in [1.82, 2.24) is 10.3 Å². The molecular formula is C14H12F4N2. The highest BCUT2D eigenvalue weighted by Gasteiger charge is 2.31. The molecule has 0 aliphatic rings. The topological polar surface area (TPSA) is 24.9 Å². The van der Waals surface area contributed by atoms with Crippen molar-refractivity contribution >= 4 is 0 Å². The number of nitrogens with one attached hydrogen (secondary N) is 1. The van der Waals surface area contributed by atoms with Gasteiger partial charge in [0.2, 0.25) is 0 Å². The van der Waals surface area contributed by atoms with Crippen LogP contribution in [0.4, 0.5) is 17.6 Å². The molecule has 0 fully saturated rings. The predicted molar refractivity (Wildman–Crippen MR) is 66.5 cm³/mol. The number of benzene rings is 1. The second-order valence-electron chi connectivity index (χ2n) is 4.28. The first-order valence-electron chi connectivity index (χ1n) is 5.86. The largest absolute Gasteiger partial charge is 0.416 e. The van der Waals surface area contributed by atoms with Crippen LogP contribution in [-0.2, 0) is 6.18 Å². The number of hydrogen-bond donors (Lipinski definition) is 1. The lowest BCUT2D eigenvalue weighted by Gasteiger charge is -2.18. The molecule has 0 aliphatic carbocycles. The Hall–Kier alpha value is -1.95. The second-order valence-corrected chi connectivity index (χ2v) is 4.28. The zero-order chi connectivity index (χ0) is 14.8. The van der Waals surface area contributed by atoms with Gasteiger partial charge in [0, 0.05) is 6.20 Å². The van der Waals surface area contributed by atoms with Gasteiger partial charge >= 0.3 is 6.18 Å². The van der Waals surface area contributed by atoms with Gasteiger partial charge < -0.3 is 5.32 Å². The minimum Gasteiger partial charge on any atom is -0.309 e. The molecule has 0 aliphatic heterocycles. The van der Waals surface area contributed by atoms with E-state index < -0.39 is 23.6 Å². The van der Waals surface area contributed by atoms with E-state index in [9.17, 15) is 17.6 Å². The Morgan fingerprint density at radius 1 is 1.10 bits per heavy atom. The van der Waals surface area contributed by atoms with Crippen molar-refractivity contribution in [2.45, 2.75) is 12.2 Å². The lowest BCUT2D eigenvalue weighted by molar-refractivity contribution is -0.137. The number of halogens is 4. The zero-order valence-electron chi connectivity index (χ0n) is 10.6. The molecule has 0 saturated heterocycles. The molecule has 106 valence electrons. The van der Waals surface area contributed by atoms with E-state index in [1.807, 2.05) is 0 Å². The Balaban J connectivity index is 2.42. The van der Waals surface area contributed by atoms with Gasteiger partial charge in [-0.15, -0.1) is 0 Å². The van der Waals surface area contributed by atoms with Crippen LogP contribution in [0.5, 0.6) is 0 Å². The predicted octanol–water partition coefficient (Wildman–Crippen LogP) is 3.55. The molecule has 2 rings (SSSR count). The van der Waals surface area contributed by atoms with E-state index in [4.69, 9.17) is 0 Å². The van der Waals surface area contributed by atoms with Gasteiger partial charge in [-0.1, -0.05) is 12.1 Å². The molecule has 0 amide bonds. The van der Waals surface area contributed by atoms with Crippen LogP contribution < -0.4 is 5.32 Å². The summed E-state index contributed by atoms with van der Waals surface area (Å²) < 4.78 is 51.3. The van der Waals surface area contributed by atoms with Crippen molar-refractivity contribution in [3.05, 3.63) is 65.2 Å². The van der Waals surface area contributed by atoms with E-state index in [0.29, 0.717) is 11.1 Å². The first-order valence-corrected chi connectivity index (χ1v) is 5.86. The van der Waals surface area contributed by atoms with Crippen LogP contribution >= 0.6 is 0 Å². The number of aromatic nitrogens is 1. The van der Waals surface area contributed by atoms with Crippen LogP contribution in [-0.4, -0.2) is 12.0 Å². The van der Waals surface area contributed by atoms with Crippen LogP contribution in [0.1, 0.15) is 22.7 Å². The Labute approximate surface area is 113 Å². The van der Waals surface area contributed by atoms with Gasteiger partial charge in [0.25, 0.3) is 0 Å². The van der Waals surface area contributed by atoms with Gasteiger partial charge in [0.15, 0.2) is 0 Å². The first kappa shape index (κ1) is 14.5. The summed E-state index contributed by atoms with van der Waals surface area (Å²) in [4.78, 5) is 3.71. The summed E-state index contributed by atoms with van der Waals surface area (Å²) in [6, 6.07) is 5.62. The van der Waals surface area contributed by atoms with Gasteiger partial charge in [0.1, 0.15) is 5.82 Å². The fraction of sp³-hybridized carbons (Fsp3) is 0.214.